The van der Waals surface area contributed by atoms with Crippen molar-refractivity contribution < 1.29 is 0 Å². The molecule has 0 saturated carbocycles. The molecule has 0 aliphatic carbocycles. The molecule has 4 rings (SSSR count). The molecule has 0 amide bonds. The van der Waals surface area contributed by atoms with Crippen LogP contribution in [0.2, 0.25) is 0 Å². The van der Waals surface area contributed by atoms with Crippen LogP contribution in [-0.2, 0) is 13.5 Å². The van der Waals surface area contributed by atoms with Crippen molar-refractivity contribution in [2.45, 2.75) is 12.5 Å². The van der Waals surface area contributed by atoms with E-state index >= 15 is 0 Å². The van der Waals surface area contributed by atoms with Gasteiger partial charge in [-0.15, -0.1) is 0 Å². The van der Waals surface area contributed by atoms with Gasteiger partial charge in [-0.3, -0.25) is 4.68 Å². The smallest absolute Gasteiger partial charge is 0.163 e. The van der Waals surface area contributed by atoms with Crippen molar-refractivity contribution in [3.8, 4) is 0 Å². The van der Waals surface area contributed by atoms with Gasteiger partial charge in [0.25, 0.3) is 0 Å². The predicted molar refractivity (Wildman–Crippen MR) is 99.3 cm³/mol. The van der Waals surface area contributed by atoms with E-state index in [-0.39, 0.29) is 6.04 Å². The Hall–Kier alpha value is -3.21. The lowest BCUT2D eigenvalue weighted by Crippen LogP contribution is -2.15. The van der Waals surface area contributed by atoms with E-state index in [4.69, 9.17) is 0 Å². The van der Waals surface area contributed by atoms with Crippen LogP contribution in [0, 0.1) is 0 Å². The Morgan fingerprint density at radius 2 is 1.68 bits per heavy atom. The summed E-state index contributed by atoms with van der Waals surface area (Å²) in [4.78, 5) is 8.77. The standard InChI is InChI=1S/C20H19N5/c1-25-20-17(13-23-25)19(21-14-22-20)24-18(16-10-6-3-7-11-16)12-15-8-4-2-5-9-15/h2-11,13-14,18H,12H2,1H3,(H,21,22,24). The Kier molecular flexibility index (Phi) is 4.12. The number of anilines is 1. The minimum absolute atomic E-state index is 0.113. The highest BCUT2D eigenvalue weighted by Gasteiger charge is 2.15. The average Bonchev–Trinajstić information content (AvgIpc) is 3.05. The highest BCUT2D eigenvalue weighted by Crippen LogP contribution is 2.26. The lowest BCUT2D eigenvalue weighted by Gasteiger charge is -2.20. The summed E-state index contributed by atoms with van der Waals surface area (Å²) < 4.78 is 1.76. The van der Waals surface area contributed by atoms with Crippen LogP contribution in [0.4, 0.5) is 5.82 Å². The van der Waals surface area contributed by atoms with E-state index in [2.05, 4.69) is 68.9 Å². The number of nitrogens with one attached hydrogen (secondary N) is 1. The molecule has 2 aromatic heterocycles. The summed E-state index contributed by atoms with van der Waals surface area (Å²) in [5.41, 5.74) is 3.33. The molecular formula is C20H19N5. The minimum atomic E-state index is 0.113. The van der Waals surface area contributed by atoms with Crippen LogP contribution in [0.15, 0.2) is 73.2 Å². The van der Waals surface area contributed by atoms with Crippen LogP contribution in [0.25, 0.3) is 11.0 Å². The Bertz CT molecular complexity index is 963. The second-order valence-corrected chi connectivity index (χ2v) is 6.03. The summed E-state index contributed by atoms with van der Waals surface area (Å²) >= 11 is 0. The molecule has 124 valence electrons. The summed E-state index contributed by atoms with van der Waals surface area (Å²) in [6, 6.07) is 21.0. The van der Waals surface area contributed by atoms with Crippen molar-refractivity contribution >= 4 is 16.9 Å². The second-order valence-electron chi connectivity index (χ2n) is 6.03. The minimum Gasteiger partial charge on any atom is -0.362 e. The lowest BCUT2D eigenvalue weighted by molar-refractivity contribution is 0.769. The van der Waals surface area contributed by atoms with Crippen LogP contribution in [0.1, 0.15) is 17.2 Å². The molecule has 25 heavy (non-hydrogen) atoms. The molecular weight excluding hydrogens is 310 g/mol. The number of benzene rings is 2. The second kappa shape index (κ2) is 6.73. The molecule has 0 saturated heterocycles. The van der Waals surface area contributed by atoms with Gasteiger partial charge in [0.05, 0.1) is 17.6 Å². The molecule has 5 heteroatoms. The molecule has 1 N–H and O–H groups in total. The van der Waals surface area contributed by atoms with Crippen molar-refractivity contribution in [3.05, 3.63) is 84.3 Å². The molecule has 0 bridgehead atoms. The lowest BCUT2D eigenvalue weighted by atomic mass is 9.99. The molecule has 1 unspecified atom stereocenters. The first kappa shape index (κ1) is 15.3. The van der Waals surface area contributed by atoms with E-state index in [1.54, 1.807) is 11.0 Å². The third-order valence-corrected chi connectivity index (χ3v) is 4.32. The third kappa shape index (κ3) is 3.21. The molecule has 0 spiro atoms. The molecule has 2 aromatic carbocycles. The van der Waals surface area contributed by atoms with E-state index in [0.717, 1.165) is 23.3 Å². The Morgan fingerprint density at radius 1 is 0.960 bits per heavy atom. The van der Waals surface area contributed by atoms with Crippen molar-refractivity contribution in [3.63, 3.8) is 0 Å². The molecule has 0 radical (unpaired) electrons. The van der Waals surface area contributed by atoms with Crippen LogP contribution in [0.5, 0.6) is 0 Å². The molecule has 4 aromatic rings. The maximum Gasteiger partial charge on any atom is 0.163 e. The molecule has 0 aliphatic rings. The van der Waals surface area contributed by atoms with Gasteiger partial charge in [-0.05, 0) is 17.5 Å². The van der Waals surface area contributed by atoms with Gasteiger partial charge in [-0.25, -0.2) is 9.97 Å². The Morgan fingerprint density at radius 3 is 2.44 bits per heavy atom. The quantitative estimate of drug-likeness (QED) is 0.606. The van der Waals surface area contributed by atoms with Gasteiger partial charge in [0.2, 0.25) is 0 Å². The first-order valence-electron chi connectivity index (χ1n) is 8.29. The van der Waals surface area contributed by atoms with E-state index in [9.17, 15) is 0 Å². The van der Waals surface area contributed by atoms with Gasteiger partial charge in [0, 0.05) is 7.05 Å². The number of hydrogen-bond donors (Lipinski definition) is 1. The van der Waals surface area contributed by atoms with E-state index in [1.807, 2.05) is 25.4 Å². The summed E-state index contributed by atoms with van der Waals surface area (Å²) in [7, 11) is 1.89. The molecule has 1 atom stereocenters. The van der Waals surface area contributed by atoms with Crippen molar-refractivity contribution in [2.24, 2.45) is 7.05 Å². The predicted octanol–water partition coefficient (Wildman–Crippen LogP) is 3.76. The van der Waals surface area contributed by atoms with Crippen LogP contribution in [0.3, 0.4) is 0 Å². The SMILES string of the molecule is Cn1ncc2c(NC(Cc3ccccc3)c3ccccc3)ncnc21. The summed E-state index contributed by atoms with van der Waals surface area (Å²) in [6.45, 7) is 0. The monoisotopic (exact) mass is 329 g/mol. The maximum absolute atomic E-state index is 4.45. The summed E-state index contributed by atoms with van der Waals surface area (Å²) in [5.74, 6) is 0.808. The number of hydrogen-bond acceptors (Lipinski definition) is 4. The third-order valence-electron chi connectivity index (χ3n) is 4.32. The number of nitrogens with zero attached hydrogens (tertiary/aromatic N) is 4. The highest BCUT2D eigenvalue weighted by atomic mass is 15.3. The maximum atomic E-state index is 4.45. The topological polar surface area (TPSA) is 55.6 Å². The van der Waals surface area contributed by atoms with Gasteiger partial charge >= 0.3 is 0 Å². The Balaban J connectivity index is 1.70. The van der Waals surface area contributed by atoms with Crippen LogP contribution >= 0.6 is 0 Å². The van der Waals surface area contributed by atoms with Gasteiger partial charge in [0.15, 0.2) is 5.65 Å². The zero-order valence-electron chi connectivity index (χ0n) is 14.0. The van der Waals surface area contributed by atoms with E-state index < -0.39 is 0 Å². The van der Waals surface area contributed by atoms with Crippen LogP contribution in [-0.4, -0.2) is 19.7 Å². The normalized spacial score (nSPS) is 12.2. The first-order chi connectivity index (χ1) is 12.3. The fourth-order valence-corrected chi connectivity index (χ4v) is 3.03. The number of fused-ring (bicyclic) bond motifs is 1. The molecule has 2 heterocycles. The molecule has 0 aliphatic heterocycles. The first-order valence-corrected chi connectivity index (χ1v) is 8.29. The van der Waals surface area contributed by atoms with Crippen molar-refractivity contribution in [1.29, 1.82) is 0 Å². The molecule has 5 nitrogen and oxygen atoms in total. The zero-order chi connectivity index (χ0) is 17.1. The van der Waals surface area contributed by atoms with Gasteiger partial charge in [0.1, 0.15) is 12.1 Å². The summed E-state index contributed by atoms with van der Waals surface area (Å²) in [6.07, 6.45) is 4.26. The summed E-state index contributed by atoms with van der Waals surface area (Å²) in [5, 5.41) is 8.82. The molecule has 0 fully saturated rings. The zero-order valence-corrected chi connectivity index (χ0v) is 14.0. The fourth-order valence-electron chi connectivity index (χ4n) is 3.03. The van der Waals surface area contributed by atoms with Gasteiger partial charge in [-0.1, -0.05) is 60.7 Å². The van der Waals surface area contributed by atoms with Gasteiger partial charge in [-0.2, -0.15) is 5.10 Å². The number of rotatable bonds is 5. The van der Waals surface area contributed by atoms with E-state index in [1.165, 1.54) is 11.1 Å². The number of aryl methyl sites for hydroxylation is 1. The van der Waals surface area contributed by atoms with Crippen LogP contribution < -0.4 is 5.32 Å². The van der Waals surface area contributed by atoms with Gasteiger partial charge < -0.3 is 5.32 Å². The van der Waals surface area contributed by atoms with E-state index in [0.29, 0.717) is 0 Å². The van der Waals surface area contributed by atoms with Crippen molar-refractivity contribution in [2.75, 3.05) is 5.32 Å². The highest BCUT2D eigenvalue weighted by molar-refractivity contribution is 5.86. The fraction of sp³-hybridized carbons (Fsp3) is 0.150. The number of aromatic nitrogens is 4. The Labute approximate surface area is 146 Å². The largest absolute Gasteiger partial charge is 0.362 e. The van der Waals surface area contributed by atoms with Crippen molar-refractivity contribution in [1.82, 2.24) is 19.7 Å². The average molecular weight is 329 g/mol.